The summed E-state index contributed by atoms with van der Waals surface area (Å²) in [5, 5.41) is 6.16. The molecule has 0 unspecified atom stereocenters. The molecule has 6 heteroatoms. The van der Waals surface area contributed by atoms with Gasteiger partial charge in [-0.2, -0.15) is 0 Å². The summed E-state index contributed by atoms with van der Waals surface area (Å²) in [5.74, 6) is 0.343. The Balaban J connectivity index is 1.46. The summed E-state index contributed by atoms with van der Waals surface area (Å²) in [6.45, 7) is 1.20. The van der Waals surface area contributed by atoms with Gasteiger partial charge in [-0.1, -0.05) is 24.3 Å². The van der Waals surface area contributed by atoms with Gasteiger partial charge < -0.3 is 15.4 Å². The van der Waals surface area contributed by atoms with Gasteiger partial charge in [0.2, 0.25) is 0 Å². The number of benzene rings is 2. The predicted molar refractivity (Wildman–Crippen MR) is 112 cm³/mol. The molecular formula is C23H24FN3O2. The van der Waals surface area contributed by atoms with Crippen molar-refractivity contribution in [1.29, 1.82) is 0 Å². The number of amides is 1. The van der Waals surface area contributed by atoms with E-state index in [1.165, 1.54) is 17.7 Å². The molecule has 1 aromatic heterocycles. The Hall–Kier alpha value is -3.41. The Morgan fingerprint density at radius 3 is 2.31 bits per heavy atom. The quantitative estimate of drug-likeness (QED) is 0.580. The molecule has 0 saturated heterocycles. The first-order valence-electron chi connectivity index (χ1n) is 9.49. The lowest BCUT2D eigenvalue weighted by Gasteiger charge is -2.09. The molecule has 2 aromatic carbocycles. The van der Waals surface area contributed by atoms with Gasteiger partial charge in [-0.25, -0.2) is 4.39 Å². The predicted octanol–water partition coefficient (Wildman–Crippen LogP) is 3.86. The van der Waals surface area contributed by atoms with Gasteiger partial charge in [0, 0.05) is 25.0 Å². The van der Waals surface area contributed by atoms with Crippen molar-refractivity contribution in [2.75, 3.05) is 25.5 Å². The van der Waals surface area contributed by atoms with Crippen LogP contribution in [-0.4, -0.2) is 31.1 Å². The van der Waals surface area contributed by atoms with E-state index in [1.54, 1.807) is 31.5 Å². The van der Waals surface area contributed by atoms with Gasteiger partial charge >= 0.3 is 0 Å². The maximum Gasteiger partial charge on any atom is 0.269 e. The molecule has 1 heterocycles. The second-order valence-corrected chi connectivity index (χ2v) is 6.59. The molecule has 29 heavy (non-hydrogen) atoms. The van der Waals surface area contributed by atoms with Crippen LogP contribution in [0, 0.1) is 5.82 Å². The van der Waals surface area contributed by atoms with Crippen molar-refractivity contribution in [2.45, 2.75) is 12.8 Å². The molecule has 2 N–H and O–H groups in total. The topological polar surface area (TPSA) is 63.2 Å². The third-order valence-electron chi connectivity index (χ3n) is 4.51. The zero-order valence-corrected chi connectivity index (χ0v) is 16.3. The number of rotatable bonds is 9. The van der Waals surface area contributed by atoms with Gasteiger partial charge in [0.25, 0.3) is 5.91 Å². The molecule has 0 fully saturated rings. The number of pyridine rings is 1. The molecule has 0 spiro atoms. The van der Waals surface area contributed by atoms with Crippen LogP contribution < -0.4 is 15.4 Å². The number of hydrogen-bond acceptors (Lipinski definition) is 4. The number of carbonyl (C=O) groups excluding carboxylic acids is 1. The molecule has 0 atom stereocenters. The normalized spacial score (nSPS) is 10.4. The van der Waals surface area contributed by atoms with E-state index in [1.807, 2.05) is 30.3 Å². The Labute approximate surface area is 169 Å². The molecular weight excluding hydrogens is 369 g/mol. The van der Waals surface area contributed by atoms with E-state index < -0.39 is 0 Å². The van der Waals surface area contributed by atoms with Gasteiger partial charge in [0.1, 0.15) is 17.3 Å². The molecule has 150 valence electrons. The van der Waals surface area contributed by atoms with Crippen molar-refractivity contribution in [3.05, 3.63) is 89.5 Å². The fourth-order valence-corrected chi connectivity index (χ4v) is 2.87. The van der Waals surface area contributed by atoms with Gasteiger partial charge in [0.05, 0.1) is 7.11 Å². The molecule has 3 aromatic rings. The summed E-state index contributed by atoms with van der Waals surface area (Å²) in [6.07, 6.45) is 3.10. The minimum atomic E-state index is -0.265. The molecule has 0 saturated carbocycles. The van der Waals surface area contributed by atoms with Crippen LogP contribution in [0.15, 0.2) is 66.9 Å². The van der Waals surface area contributed by atoms with Crippen molar-refractivity contribution in [3.8, 4) is 5.75 Å². The lowest BCUT2D eigenvalue weighted by atomic mass is 10.1. The van der Waals surface area contributed by atoms with Crippen molar-refractivity contribution in [3.63, 3.8) is 0 Å². The lowest BCUT2D eigenvalue weighted by molar-refractivity contribution is 0.0949. The first kappa shape index (κ1) is 20.3. The van der Waals surface area contributed by atoms with Crippen LogP contribution in [0.2, 0.25) is 0 Å². The third-order valence-corrected chi connectivity index (χ3v) is 4.51. The van der Waals surface area contributed by atoms with E-state index in [0.29, 0.717) is 18.7 Å². The van der Waals surface area contributed by atoms with Crippen molar-refractivity contribution < 1.29 is 13.9 Å². The van der Waals surface area contributed by atoms with Crippen LogP contribution in [0.25, 0.3) is 0 Å². The molecule has 0 aliphatic rings. The summed E-state index contributed by atoms with van der Waals surface area (Å²) in [4.78, 5) is 16.5. The minimum Gasteiger partial charge on any atom is -0.497 e. The van der Waals surface area contributed by atoms with E-state index in [2.05, 4.69) is 15.6 Å². The number of aromatic nitrogens is 1. The second kappa shape index (κ2) is 10.2. The van der Waals surface area contributed by atoms with Gasteiger partial charge in [-0.3, -0.25) is 9.78 Å². The Kier molecular flexibility index (Phi) is 7.16. The molecule has 0 aliphatic carbocycles. The average molecular weight is 393 g/mol. The average Bonchev–Trinajstić information content (AvgIpc) is 2.76. The monoisotopic (exact) mass is 393 g/mol. The Bertz CT molecular complexity index is 928. The Morgan fingerprint density at radius 1 is 0.966 bits per heavy atom. The van der Waals surface area contributed by atoms with Crippen molar-refractivity contribution in [1.82, 2.24) is 10.3 Å². The molecule has 0 radical (unpaired) electrons. The fourth-order valence-electron chi connectivity index (χ4n) is 2.87. The number of ether oxygens (including phenoxy) is 1. The second-order valence-electron chi connectivity index (χ2n) is 6.59. The standard InChI is InChI=1S/C23H24FN3O2/c1-29-21-8-4-18(5-9-21)10-13-25-20-12-15-26-22(16-20)23(28)27-14-11-17-2-6-19(24)7-3-17/h2-9,12,15-16H,10-11,13-14H2,1H3,(H,25,26)(H,27,28). The molecule has 1 amide bonds. The van der Waals surface area contributed by atoms with E-state index in [4.69, 9.17) is 4.74 Å². The fraction of sp³-hybridized carbons (Fsp3) is 0.217. The maximum absolute atomic E-state index is 12.9. The minimum absolute atomic E-state index is 0.231. The highest BCUT2D eigenvalue weighted by atomic mass is 19.1. The van der Waals surface area contributed by atoms with E-state index in [-0.39, 0.29) is 11.7 Å². The summed E-state index contributed by atoms with van der Waals surface area (Å²) in [7, 11) is 1.65. The zero-order valence-electron chi connectivity index (χ0n) is 16.3. The maximum atomic E-state index is 12.9. The van der Waals surface area contributed by atoms with Crippen LogP contribution in [0.4, 0.5) is 10.1 Å². The van der Waals surface area contributed by atoms with Crippen LogP contribution in [0.5, 0.6) is 5.75 Å². The zero-order chi connectivity index (χ0) is 20.5. The number of hydrogen-bond donors (Lipinski definition) is 2. The van der Waals surface area contributed by atoms with Gasteiger partial charge in [-0.15, -0.1) is 0 Å². The first-order chi connectivity index (χ1) is 14.1. The smallest absolute Gasteiger partial charge is 0.269 e. The van der Waals surface area contributed by atoms with Crippen molar-refractivity contribution >= 4 is 11.6 Å². The molecule has 5 nitrogen and oxygen atoms in total. The Morgan fingerprint density at radius 2 is 1.62 bits per heavy atom. The number of nitrogens with zero attached hydrogens (tertiary/aromatic N) is 1. The molecule has 0 bridgehead atoms. The number of carbonyl (C=O) groups is 1. The van der Waals surface area contributed by atoms with Crippen LogP contribution in [-0.2, 0) is 12.8 Å². The SMILES string of the molecule is COc1ccc(CCNc2ccnc(C(=O)NCCc3ccc(F)cc3)c2)cc1. The largest absolute Gasteiger partial charge is 0.497 e. The summed E-state index contributed by atoms with van der Waals surface area (Å²) in [5.41, 5.74) is 3.37. The van der Waals surface area contributed by atoms with Gasteiger partial charge in [0.15, 0.2) is 0 Å². The highest BCUT2D eigenvalue weighted by Crippen LogP contribution is 2.13. The van der Waals surface area contributed by atoms with E-state index >= 15 is 0 Å². The number of halogens is 1. The molecule has 3 rings (SSSR count). The van der Waals surface area contributed by atoms with Crippen LogP contribution in [0.3, 0.4) is 0 Å². The highest BCUT2D eigenvalue weighted by molar-refractivity contribution is 5.93. The van der Waals surface area contributed by atoms with Crippen molar-refractivity contribution in [2.24, 2.45) is 0 Å². The summed E-state index contributed by atoms with van der Waals surface area (Å²) in [6, 6.07) is 17.8. The summed E-state index contributed by atoms with van der Waals surface area (Å²) >= 11 is 0. The highest BCUT2D eigenvalue weighted by Gasteiger charge is 2.07. The van der Waals surface area contributed by atoms with Crippen LogP contribution >= 0.6 is 0 Å². The summed E-state index contributed by atoms with van der Waals surface area (Å²) < 4.78 is 18.1. The number of methoxy groups -OCH3 is 1. The number of anilines is 1. The van der Waals surface area contributed by atoms with Gasteiger partial charge in [-0.05, 0) is 60.4 Å². The number of nitrogens with one attached hydrogen (secondary N) is 2. The first-order valence-corrected chi connectivity index (χ1v) is 9.49. The third kappa shape index (κ3) is 6.31. The van der Waals surface area contributed by atoms with E-state index in [9.17, 15) is 9.18 Å². The van der Waals surface area contributed by atoms with E-state index in [0.717, 1.165) is 30.0 Å². The lowest BCUT2D eigenvalue weighted by Crippen LogP contribution is -2.26. The molecule has 0 aliphatic heterocycles. The van der Waals surface area contributed by atoms with Crippen LogP contribution in [0.1, 0.15) is 21.6 Å².